The van der Waals surface area contributed by atoms with Crippen molar-refractivity contribution in [2.45, 2.75) is 25.1 Å². The highest BCUT2D eigenvalue weighted by Gasteiger charge is 2.25. The molecule has 0 spiro atoms. The first-order valence-corrected chi connectivity index (χ1v) is 13.8. The first-order chi connectivity index (χ1) is 19.5. The second-order valence-electron chi connectivity index (χ2n) is 8.80. The molecular weight excluding hydrogens is 570 g/mol. The fraction of sp³-hybridized carbons (Fsp3) is 0.179. The summed E-state index contributed by atoms with van der Waals surface area (Å²) in [6, 6.07) is 10.2. The number of rotatable bonds is 8. The van der Waals surface area contributed by atoms with Gasteiger partial charge in [0.25, 0.3) is 5.91 Å². The molecule has 0 aliphatic heterocycles. The number of nitrogens with zero attached hydrogens (tertiary/aromatic N) is 2. The number of esters is 2. The minimum atomic E-state index is -0.987. The van der Waals surface area contributed by atoms with Crippen LogP contribution in [0.25, 0.3) is 10.2 Å². The number of carbonyl (C=O) groups is 3. The van der Waals surface area contributed by atoms with E-state index < -0.39 is 29.3 Å². The number of hydrogen-bond donors (Lipinski definition) is 4. The van der Waals surface area contributed by atoms with Gasteiger partial charge in [-0.05, 0) is 56.2 Å². The molecule has 4 rings (SSSR count). The van der Waals surface area contributed by atoms with Crippen molar-refractivity contribution < 1.29 is 39.2 Å². The van der Waals surface area contributed by atoms with Gasteiger partial charge in [0.05, 0.1) is 34.9 Å². The summed E-state index contributed by atoms with van der Waals surface area (Å²) in [6.07, 6.45) is 1.01. The minimum Gasteiger partial charge on any atom is -0.507 e. The van der Waals surface area contributed by atoms with Crippen molar-refractivity contribution in [3.63, 3.8) is 0 Å². The molecule has 1 heterocycles. The molecule has 3 aromatic carbocycles. The van der Waals surface area contributed by atoms with Gasteiger partial charge >= 0.3 is 11.9 Å². The molecule has 0 saturated carbocycles. The van der Waals surface area contributed by atoms with E-state index in [1.54, 1.807) is 0 Å². The second-order valence-corrected chi connectivity index (χ2v) is 11.1. The van der Waals surface area contributed by atoms with E-state index in [2.05, 4.69) is 20.2 Å². The summed E-state index contributed by atoms with van der Waals surface area (Å²) in [5.41, 5.74) is 3.21. The quantitative estimate of drug-likeness (QED) is 0.0744. The molecule has 0 atom stereocenters. The maximum absolute atomic E-state index is 13.1. The number of amides is 1. The lowest BCUT2D eigenvalue weighted by atomic mass is 10.0. The molecular formula is C28H25N3O8S2. The SMILES string of the molecule is COC(=O)c1c(C)cc(OC(=O)c2c(C)cc(O)c(/C=N/NC(=O)CSc3nc4ccccc4s3)c2O)c(C)c1O. The lowest BCUT2D eigenvalue weighted by Gasteiger charge is -2.16. The largest absolute Gasteiger partial charge is 0.507 e. The number of para-hydroxylation sites is 1. The second kappa shape index (κ2) is 12.3. The van der Waals surface area contributed by atoms with Crippen LogP contribution < -0.4 is 10.2 Å². The van der Waals surface area contributed by atoms with Crippen LogP contribution in [0.15, 0.2) is 45.8 Å². The molecule has 4 N–H and O–H groups in total. The van der Waals surface area contributed by atoms with Crippen molar-refractivity contribution >= 4 is 57.4 Å². The van der Waals surface area contributed by atoms with Gasteiger partial charge in [-0.3, -0.25) is 4.79 Å². The summed E-state index contributed by atoms with van der Waals surface area (Å²) in [5.74, 6) is -3.62. The maximum Gasteiger partial charge on any atom is 0.347 e. The Hall–Kier alpha value is -4.62. The molecule has 1 amide bonds. The Labute approximate surface area is 242 Å². The Morgan fingerprint density at radius 3 is 2.41 bits per heavy atom. The normalized spacial score (nSPS) is 11.1. The van der Waals surface area contributed by atoms with E-state index in [9.17, 15) is 29.7 Å². The lowest BCUT2D eigenvalue weighted by Crippen LogP contribution is -2.19. The van der Waals surface area contributed by atoms with E-state index in [4.69, 9.17) is 4.74 Å². The number of phenols is 3. The topological polar surface area (TPSA) is 168 Å². The number of fused-ring (bicyclic) bond motifs is 1. The summed E-state index contributed by atoms with van der Waals surface area (Å²) >= 11 is 2.71. The van der Waals surface area contributed by atoms with Gasteiger partial charge in [0.2, 0.25) is 0 Å². The van der Waals surface area contributed by atoms with Crippen LogP contribution in [-0.4, -0.2) is 57.2 Å². The van der Waals surface area contributed by atoms with Crippen LogP contribution in [0.2, 0.25) is 0 Å². The van der Waals surface area contributed by atoms with Gasteiger partial charge in [-0.2, -0.15) is 5.10 Å². The number of nitrogens with one attached hydrogen (secondary N) is 1. The number of aryl methyl sites for hydroxylation is 2. The van der Waals surface area contributed by atoms with Crippen LogP contribution in [0.5, 0.6) is 23.0 Å². The summed E-state index contributed by atoms with van der Waals surface area (Å²) in [5, 5.41) is 35.5. The van der Waals surface area contributed by atoms with Crippen molar-refractivity contribution in [3.05, 3.63) is 69.8 Å². The van der Waals surface area contributed by atoms with Gasteiger partial charge in [-0.1, -0.05) is 23.9 Å². The number of phenolic OH excluding ortho intramolecular Hbond substituents is 3. The zero-order valence-corrected chi connectivity index (χ0v) is 24.0. The Morgan fingerprint density at radius 1 is 1.02 bits per heavy atom. The molecule has 0 radical (unpaired) electrons. The van der Waals surface area contributed by atoms with Crippen LogP contribution in [-0.2, 0) is 9.53 Å². The van der Waals surface area contributed by atoms with Gasteiger partial charge in [0.1, 0.15) is 34.1 Å². The smallest absolute Gasteiger partial charge is 0.347 e. The molecule has 0 aliphatic rings. The lowest BCUT2D eigenvalue weighted by molar-refractivity contribution is -0.118. The first kappa shape index (κ1) is 29.4. The summed E-state index contributed by atoms with van der Waals surface area (Å²) in [7, 11) is 1.18. The predicted molar refractivity (Wildman–Crippen MR) is 154 cm³/mol. The number of carbonyl (C=O) groups excluding carboxylic acids is 3. The Bertz CT molecular complexity index is 1680. The van der Waals surface area contributed by atoms with E-state index in [1.165, 1.54) is 63.1 Å². The molecule has 0 unspecified atom stereocenters. The molecule has 0 aliphatic carbocycles. The molecule has 11 nitrogen and oxygen atoms in total. The number of hydrazone groups is 1. The van der Waals surface area contributed by atoms with Gasteiger partial charge in [-0.25, -0.2) is 20.0 Å². The fourth-order valence-electron chi connectivity index (χ4n) is 3.91. The molecule has 41 heavy (non-hydrogen) atoms. The maximum atomic E-state index is 13.1. The Kier molecular flexibility index (Phi) is 8.79. The number of ether oxygens (including phenoxy) is 2. The number of thiazole rings is 1. The summed E-state index contributed by atoms with van der Waals surface area (Å²) in [4.78, 5) is 41.8. The monoisotopic (exact) mass is 595 g/mol. The standard InChI is InChI=1S/C28H25N3O8S2/c1-13-9-18(32)16(11-29-31-21(33)12-40-28-30-17-7-5-6-8-20(17)41-28)25(35)23(13)27(37)39-19-10-14(2)22(26(36)38-4)24(34)15(19)3/h5-11,32,34-35H,12H2,1-4H3,(H,31,33)/b29-11+. The molecule has 4 aromatic rings. The summed E-state index contributed by atoms with van der Waals surface area (Å²) < 4.78 is 11.9. The highest BCUT2D eigenvalue weighted by atomic mass is 32.2. The van der Waals surface area contributed by atoms with Crippen LogP contribution >= 0.6 is 23.1 Å². The van der Waals surface area contributed by atoms with E-state index in [0.717, 1.165) is 20.8 Å². The minimum absolute atomic E-state index is 0.0288. The van der Waals surface area contributed by atoms with Crippen LogP contribution in [0, 0.1) is 20.8 Å². The number of aromatic hydroxyl groups is 3. The molecule has 212 valence electrons. The molecule has 0 bridgehead atoms. The van der Waals surface area contributed by atoms with E-state index >= 15 is 0 Å². The number of hydrogen-bond acceptors (Lipinski definition) is 12. The van der Waals surface area contributed by atoms with Crippen LogP contribution in [0.3, 0.4) is 0 Å². The average molecular weight is 596 g/mol. The molecule has 13 heteroatoms. The van der Waals surface area contributed by atoms with Gasteiger partial charge in [0.15, 0.2) is 4.34 Å². The number of aromatic nitrogens is 1. The van der Waals surface area contributed by atoms with Crippen molar-refractivity contribution in [3.8, 4) is 23.0 Å². The van der Waals surface area contributed by atoms with E-state index in [1.807, 2.05) is 24.3 Å². The highest BCUT2D eigenvalue weighted by Crippen LogP contribution is 2.37. The third kappa shape index (κ3) is 6.26. The molecule has 1 aromatic heterocycles. The zero-order valence-electron chi connectivity index (χ0n) is 22.3. The summed E-state index contributed by atoms with van der Waals surface area (Å²) in [6.45, 7) is 4.46. The molecule has 0 saturated heterocycles. The van der Waals surface area contributed by atoms with Gasteiger partial charge in [0, 0.05) is 5.56 Å². The highest BCUT2D eigenvalue weighted by molar-refractivity contribution is 8.01. The van der Waals surface area contributed by atoms with Crippen molar-refractivity contribution in [1.82, 2.24) is 10.4 Å². The fourth-order valence-corrected chi connectivity index (χ4v) is 5.77. The number of thioether (sulfide) groups is 1. The molecule has 0 fully saturated rings. The Balaban J connectivity index is 1.48. The van der Waals surface area contributed by atoms with Crippen molar-refractivity contribution in [2.24, 2.45) is 5.10 Å². The number of methoxy groups -OCH3 is 1. The average Bonchev–Trinajstić information content (AvgIpc) is 3.35. The number of benzene rings is 3. The third-order valence-electron chi connectivity index (χ3n) is 6.00. The van der Waals surface area contributed by atoms with Gasteiger partial charge < -0.3 is 24.8 Å². The third-order valence-corrected chi connectivity index (χ3v) is 8.18. The van der Waals surface area contributed by atoms with Crippen molar-refractivity contribution in [1.29, 1.82) is 0 Å². The van der Waals surface area contributed by atoms with E-state index in [-0.39, 0.29) is 45.1 Å². The van der Waals surface area contributed by atoms with Crippen molar-refractivity contribution in [2.75, 3.05) is 12.9 Å². The predicted octanol–water partition coefficient (Wildman–Crippen LogP) is 4.59. The van der Waals surface area contributed by atoms with E-state index in [0.29, 0.717) is 5.56 Å². The first-order valence-electron chi connectivity index (χ1n) is 12.0. The van der Waals surface area contributed by atoms with Crippen LogP contribution in [0.1, 0.15) is 43.0 Å². The zero-order chi connectivity index (χ0) is 29.8. The van der Waals surface area contributed by atoms with Gasteiger partial charge in [-0.15, -0.1) is 11.3 Å². The Morgan fingerprint density at radius 2 is 1.71 bits per heavy atom. The van der Waals surface area contributed by atoms with Crippen LogP contribution in [0.4, 0.5) is 0 Å².